The van der Waals surface area contributed by atoms with Crippen LogP contribution < -0.4 is 10.6 Å². The van der Waals surface area contributed by atoms with E-state index in [2.05, 4.69) is 10.6 Å². The fraction of sp³-hybridized carbons (Fsp3) is 0.188. The van der Waals surface area contributed by atoms with Crippen LogP contribution >= 0.6 is 34.8 Å². The van der Waals surface area contributed by atoms with Gasteiger partial charge in [-0.05, 0) is 31.2 Å². The first-order valence-corrected chi connectivity index (χ1v) is 7.75. The van der Waals surface area contributed by atoms with Crippen LogP contribution in [-0.2, 0) is 0 Å². The lowest BCUT2D eigenvalue weighted by molar-refractivity contribution is 0.0942. The Morgan fingerprint density at radius 1 is 1.00 bits per heavy atom. The number of hydrogen-bond donors (Lipinski definition) is 2. The van der Waals surface area contributed by atoms with Crippen molar-refractivity contribution in [1.82, 2.24) is 5.32 Å². The van der Waals surface area contributed by atoms with E-state index in [1.54, 1.807) is 24.3 Å². The van der Waals surface area contributed by atoms with Crippen LogP contribution in [0.15, 0.2) is 54.6 Å². The quantitative estimate of drug-likeness (QED) is 0.623. The molecule has 3 nitrogen and oxygen atoms in total. The average Bonchev–Trinajstić information content (AvgIpc) is 2.48. The maximum atomic E-state index is 12.2. The van der Waals surface area contributed by atoms with Crippen LogP contribution in [0.3, 0.4) is 0 Å². The summed E-state index contributed by atoms with van der Waals surface area (Å²) in [5.74, 6) is -0.323. The lowest BCUT2D eigenvalue weighted by Crippen LogP contribution is -2.49. The van der Waals surface area contributed by atoms with Gasteiger partial charge in [0.2, 0.25) is 3.79 Å². The van der Waals surface area contributed by atoms with Gasteiger partial charge in [-0.25, -0.2) is 0 Å². The third kappa shape index (κ3) is 4.80. The molecule has 0 saturated carbocycles. The van der Waals surface area contributed by atoms with Gasteiger partial charge in [0.15, 0.2) is 0 Å². The zero-order valence-corrected chi connectivity index (χ0v) is 14.1. The molecule has 0 spiro atoms. The first-order valence-electron chi connectivity index (χ1n) is 6.62. The minimum absolute atomic E-state index is 0.323. The third-order valence-electron chi connectivity index (χ3n) is 3.00. The predicted octanol–water partition coefficient (Wildman–Crippen LogP) is 4.53. The van der Waals surface area contributed by atoms with Crippen molar-refractivity contribution in [2.24, 2.45) is 0 Å². The molecule has 2 N–H and O–H groups in total. The van der Waals surface area contributed by atoms with Crippen LogP contribution in [-0.4, -0.2) is 15.9 Å². The van der Waals surface area contributed by atoms with Crippen molar-refractivity contribution in [1.29, 1.82) is 0 Å². The molecule has 0 unspecified atom stereocenters. The highest BCUT2D eigenvalue weighted by atomic mass is 35.6. The van der Waals surface area contributed by atoms with Gasteiger partial charge in [-0.15, -0.1) is 0 Å². The van der Waals surface area contributed by atoms with Gasteiger partial charge in [-0.2, -0.15) is 0 Å². The van der Waals surface area contributed by atoms with Crippen LogP contribution in [0, 0.1) is 6.92 Å². The smallest absolute Gasteiger partial charge is 0.252 e. The molecule has 6 heteroatoms. The van der Waals surface area contributed by atoms with E-state index in [-0.39, 0.29) is 5.91 Å². The molecular formula is C16H15Cl3N2O. The van der Waals surface area contributed by atoms with E-state index in [0.717, 1.165) is 11.3 Å². The first-order chi connectivity index (χ1) is 10.4. The monoisotopic (exact) mass is 356 g/mol. The summed E-state index contributed by atoms with van der Waals surface area (Å²) in [6, 6.07) is 16.3. The Hall–Kier alpha value is -1.42. The number of carbonyl (C=O) groups excluding carboxylic acids is 1. The fourth-order valence-corrected chi connectivity index (χ4v) is 2.15. The van der Waals surface area contributed by atoms with E-state index in [1.807, 2.05) is 37.3 Å². The largest absolute Gasteiger partial charge is 0.362 e. The van der Waals surface area contributed by atoms with Gasteiger partial charge in [-0.1, -0.05) is 70.7 Å². The van der Waals surface area contributed by atoms with Gasteiger partial charge in [0, 0.05) is 11.3 Å². The molecule has 2 aromatic carbocycles. The molecule has 0 aliphatic carbocycles. The molecule has 2 rings (SSSR count). The average molecular weight is 358 g/mol. The Kier molecular flexibility index (Phi) is 5.57. The molecule has 0 heterocycles. The molecule has 0 saturated heterocycles. The highest BCUT2D eigenvalue weighted by Gasteiger charge is 2.34. The van der Waals surface area contributed by atoms with E-state index < -0.39 is 9.96 Å². The summed E-state index contributed by atoms with van der Waals surface area (Å²) in [5, 5.41) is 5.71. The lowest BCUT2D eigenvalue weighted by atomic mass is 10.2. The Morgan fingerprint density at radius 2 is 1.59 bits per heavy atom. The molecule has 0 aromatic heterocycles. The summed E-state index contributed by atoms with van der Waals surface area (Å²) in [6.45, 7) is 1.98. The summed E-state index contributed by atoms with van der Waals surface area (Å²) in [4.78, 5) is 12.2. The van der Waals surface area contributed by atoms with E-state index in [4.69, 9.17) is 34.8 Å². The van der Waals surface area contributed by atoms with Crippen molar-refractivity contribution >= 4 is 46.4 Å². The second kappa shape index (κ2) is 7.23. The summed E-state index contributed by atoms with van der Waals surface area (Å²) >= 11 is 17.9. The highest BCUT2D eigenvalue weighted by Crippen LogP contribution is 2.31. The van der Waals surface area contributed by atoms with Crippen molar-refractivity contribution in [3.8, 4) is 0 Å². The Morgan fingerprint density at radius 3 is 2.14 bits per heavy atom. The molecule has 0 radical (unpaired) electrons. The van der Waals surface area contributed by atoms with Gasteiger partial charge < -0.3 is 10.6 Å². The Balaban J connectivity index is 2.13. The molecule has 116 valence electrons. The highest BCUT2D eigenvalue weighted by molar-refractivity contribution is 6.68. The van der Waals surface area contributed by atoms with Gasteiger partial charge in [0.1, 0.15) is 6.17 Å². The van der Waals surface area contributed by atoms with Crippen molar-refractivity contribution in [2.75, 3.05) is 5.32 Å². The van der Waals surface area contributed by atoms with Gasteiger partial charge >= 0.3 is 0 Å². The van der Waals surface area contributed by atoms with Crippen LogP contribution in [0.1, 0.15) is 15.9 Å². The maximum Gasteiger partial charge on any atom is 0.252 e. The molecular weight excluding hydrogens is 343 g/mol. The minimum Gasteiger partial charge on any atom is -0.362 e. The van der Waals surface area contributed by atoms with Crippen LogP contribution in [0.2, 0.25) is 0 Å². The predicted molar refractivity (Wildman–Crippen MR) is 92.8 cm³/mol. The summed E-state index contributed by atoms with van der Waals surface area (Å²) in [6.07, 6.45) is -0.868. The van der Waals surface area contributed by atoms with Crippen molar-refractivity contribution < 1.29 is 4.79 Å². The second-order valence-electron chi connectivity index (χ2n) is 4.82. The Bertz CT molecular complexity index is 624. The molecule has 22 heavy (non-hydrogen) atoms. The van der Waals surface area contributed by atoms with E-state index >= 15 is 0 Å². The SMILES string of the molecule is Cc1ccc(N[C@H](NC(=O)c2ccccc2)C(Cl)(Cl)Cl)cc1. The van der Waals surface area contributed by atoms with Gasteiger partial charge in [0.25, 0.3) is 5.91 Å². The third-order valence-corrected chi connectivity index (χ3v) is 3.66. The molecule has 1 atom stereocenters. The molecule has 1 amide bonds. The molecule has 0 bridgehead atoms. The van der Waals surface area contributed by atoms with Crippen molar-refractivity contribution in [2.45, 2.75) is 16.9 Å². The number of amides is 1. The van der Waals surface area contributed by atoms with E-state index in [1.165, 1.54) is 0 Å². The van der Waals surface area contributed by atoms with Gasteiger partial charge in [0.05, 0.1) is 0 Å². The number of hydrogen-bond acceptors (Lipinski definition) is 2. The van der Waals surface area contributed by atoms with E-state index in [9.17, 15) is 4.79 Å². The van der Waals surface area contributed by atoms with Crippen molar-refractivity contribution in [3.05, 3.63) is 65.7 Å². The number of carbonyl (C=O) groups is 1. The minimum atomic E-state index is -1.70. The standard InChI is InChI=1S/C16H15Cl3N2O/c1-11-7-9-13(10-8-11)20-15(16(17,18)19)21-14(22)12-5-3-2-4-6-12/h2-10,15,20H,1H3,(H,21,22)/t15-/m1/s1. The number of anilines is 1. The number of halogens is 3. The lowest BCUT2D eigenvalue weighted by Gasteiger charge is -2.27. The van der Waals surface area contributed by atoms with Crippen LogP contribution in [0.5, 0.6) is 0 Å². The molecule has 0 aliphatic heterocycles. The maximum absolute atomic E-state index is 12.2. The zero-order valence-electron chi connectivity index (χ0n) is 11.8. The molecule has 0 fully saturated rings. The Labute approximate surface area is 144 Å². The van der Waals surface area contributed by atoms with Crippen LogP contribution in [0.25, 0.3) is 0 Å². The fourth-order valence-electron chi connectivity index (χ4n) is 1.82. The first kappa shape index (κ1) is 16.9. The van der Waals surface area contributed by atoms with E-state index in [0.29, 0.717) is 5.56 Å². The summed E-state index contributed by atoms with van der Waals surface area (Å²) in [7, 11) is 0. The second-order valence-corrected chi connectivity index (χ2v) is 7.19. The number of aryl methyl sites for hydroxylation is 1. The molecule has 2 aromatic rings. The molecule has 0 aliphatic rings. The number of rotatable bonds is 4. The van der Waals surface area contributed by atoms with Crippen LogP contribution in [0.4, 0.5) is 5.69 Å². The number of benzene rings is 2. The van der Waals surface area contributed by atoms with Gasteiger partial charge in [-0.3, -0.25) is 4.79 Å². The normalized spacial score (nSPS) is 12.5. The van der Waals surface area contributed by atoms with Crippen molar-refractivity contribution in [3.63, 3.8) is 0 Å². The number of nitrogens with one attached hydrogen (secondary N) is 2. The topological polar surface area (TPSA) is 41.1 Å². The number of alkyl halides is 3. The zero-order chi connectivity index (χ0) is 16.2. The summed E-state index contributed by atoms with van der Waals surface area (Å²) in [5.41, 5.74) is 2.35. The summed E-state index contributed by atoms with van der Waals surface area (Å²) < 4.78 is -1.70.